The van der Waals surface area contributed by atoms with Crippen molar-refractivity contribution in [3.05, 3.63) is 48.7 Å². The van der Waals surface area contributed by atoms with E-state index in [0.29, 0.717) is 39.9 Å². The van der Waals surface area contributed by atoms with Crippen LogP contribution in [0.3, 0.4) is 0 Å². The molecule has 1 N–H and O–H groups in total. The van der Waals surface area contributed by atoms with E-state index in [1.54, 1.807) is 37.6 Å². The van der Waals surface area contributed by atoms with E-state index in [4.69, 9.17) is 14.2 Å². The number of nitrogens with one attached hydrogen (secondary N) is 1. The summed E-state index contributed by atoms with van der Waals surface area (Å²) in [5.74, 6) is 1.08. The Morgan fingerprint density at radius 2 is 1.91 bits per heavy atom. The monoisotopic (exact) mass is 436 g/mol. The van der Waals surface area contributed by atoms with Gasteiger partial charge in [-0.25, -0.2) is 14.4 Å². The molecule has 166 valence electrons. The predicted molar refractivity (Wildman–Crippen MR) is 120 cm³/mol. The lowest BCUT2D eigenvalue weighted by atomic mass is 10.2. The number of hydrogen-bond acceptors (Lipinski definition) is 6. The topological polar surface area (TPSA) is 72.5 Å². The molecule has 0 bridgehead atoms. The molecule has 0 saturated carbocycles. The SMILES string of the molecule is COc1cc2c(Oc3ccc4[nH]ccc4c3F)ncnc2cc1OCCCN1CCCC1. The van der Waals surface area contributed by atoms with Crippen molar-refractivity contribution in [2.24, 2.45) is 0 Å². The molecule has 32 heavy (non-hydrogen) atoms. The molecule has 1 fully saturated rings. The minimum absolute atomic E-state index is 0.0957. The van der Waals surface area contributed by atoms with Gasteiger partial charge < -0.3 is 24.1 Å². The molecule has 0 amide bonds. The number of H-pyrrole nitrogens is 1. The molecule has 2 aromatic carbocycles. The second-order valence-electron chi connectivity index (χ2n) is 7.87. The van der Waals surface area contributed by atoms with Crippen LogP contribution in [0.5, 0.6) is 23.1 Å². The summed E-state index contributed by atoms with van der Waals surface area (Å²) in [5, 5.41) is 1.07. The highest BCUT2D eigenvalue weighted by Gasteiger charge is 2.16. The van der Waals surface area contributed by atoms with Gasteiger partial charge in [0.1, 0.15) is 6.33 Å². The highest BCUT2D eigenvalue weighted by Crippen LogP contribution is 2.37. The number of aromatic nitrogens is 3. The largest absolute Gasteiger partial charge is 0.493 e. The molecule has 0 spiro atoms. The standard InChI is InChI=1S/C24H25FN4O3/c1-30-21-13-17-19(14-22(21)31-12-4-11-29-9-2-3-10-29)27-15-28-24(17)32-20-6-5-18-16(23(20)25)7-8-26-18/h5-8,13-15,26H,2-4,9-12H2,1H3. The van der Waals surface area contributed by atoms with Crippen LogP contribution in [0.25, 0.3) is 21.8 Å². The molecule has 3 heterocycles. The average molecular weight is 436 g/mol. The first kappa shape index (κ1) is 20.5. The highest BCUT2D eigenvalue weighted by molar-refractivity contribution is 5.87. The Bertz CT molecular complexity index is 1240. The van der Waals surface area contributed by atoms with Crippen LogP contribution < -0.4 is 14.2 Å². The first-order valence-electron chi connectivity index (χ1n) is 10.8. The molecule has 0 atom stereocenters. The van der Waals surface area contributed by atoms with Gasteiger partial charge in [-0.05, 0) is 56.6 Å². The highest BCUT2D eigenvalue weighted by atomic mass is 19.1. The van der Waals surface area contributed by atoms with Gasteiger partial charge in [0, 0.05) is 29.7 Å². The van der Waals surface area contributed by atoms with Gasteiger partial charge in [-0.1, -0.05) is 0 Å². The second kappa shape index (κ2) is 9.00. The van der Waals surface area contributed by atoms with Crippen molar-refractivity contribution in [2.75, 3.05) is 33.4 Å². The number of fused-ring (bicyclic) bond motifs is 2. The molecule has 1 aliphatic rings. The lowest BCUT2D eigenvalue weighted by Crippen LogP contribution is -2.21. The Balaban J connectivity index is 1.37. The fraction of sp³-hybridized carbons (Fsp3) is 0.333. The third kappa shape index (κ3) is 4.05. The maximum Gasteiger partial charge on any atom is 0.230 e. The molecule has 8 heteroatoms. The first-order chi connectivity index (χ1) is 15.7. The minimum atomic E-state index is -0.444. The molecule has 0 aliphatic carbocycles. The maximum atomic E-state index is 14.8. The van der Waals surface area contributed by atoms with Gasteiger partial charge in [0.05, 0.1) is 24.6 Å². The smallest absolute Gasteiger partial charge is 0.230 e. The number of hydrogen-bond donors (Lipinski definition) is 1. The molecular weight excluding hydrogens is 411 g/mol. The maximum absolute atomic E-state index is 14.8. The summed E-state index contributed by atoms with van der Waals surface area (Å²) in [7, 11) is 1.59. The van der Waals surface area contributed by atoms with Crippen LogP contribution >= 0.6 is 0 Å². The number of halogens is 1. The van der Waals surface area contributed by atoms with E-state index in [0.717, 1.165) is 13.0 Å². The Hall–Kier alpha value is -3.39. The Kier molecular flexibility index (Phi) is 5.77. The molecule has 5 rings (SSSR count). The molecule has 1 aliphatic heterocycles. The summed E-state index contributed by atoms with van der Waals surface area (Å²) in [6.45, 7) is 3.98. The number of benzene rings is 2. The summed E-state index contributed by atoms with van der Waals surface area (Å²) in [5.41, 5.74) is 1.34. The number of likely N-dealkylation sites (tertiary alicyclic amines) is 1. The van der Waals surface area contributed by atoms with Gasteiger partial charge in [0.2, 0.25) is 5.88 Å². The van der Waals surface area contributed by atoms with E-state index in [-0.39, 0.29) is 11.6 Å². The van der Waals surface area contributed by atoms with Gasteiger partial charge >= 0.3 is 0 Å². The van der Waals surface area contributed by atoms with Crippen molar-refractivity contribution in [3.63, 3.8) is 0 Å². The third-order valence-electron chi connectivity index (χ3n) is 5.80. The summed E-state index contributed by atoms with van der Waals surface area (Å²) in [4.78, 5) is 14.0. The first-order valence-corrected chi connectivity index (χ1v) is 10.8. The quantitative estimate of drug-likeness (QED) is 0.396. The number of methoxy groups -OCH3 is 1. The number of ether oxygens (including phenoxy) is 3. The van der Waals surface area contributed by atoms with Gasteiger partial charge in [-0.2, -0.15) is 0 Å². The third-order valence-corrected chi connectivity index (χ3v) is 5.80. The van der Waals surface area contributed by atoms with E-state index < -0.39 is 5.82 Å². The van der Waals surface area contributed by atoms with Gasteiger partial charge in [-0.15, -0.1) is 0 Å². The molecule has 0 radical (unpaired) electrons. The Labute approximate surface area is 185 Å². The van der Waals surface area contributed by atoms with Crippen molar-refractivity contribution in [1.29, 1.82) is 0 Å². The number of rotatable bonds is 8. The zero-order valence-electron chi connectivity index (χ0n) is 17.9. The van der Waals surface area contributed by atoms with E-state index in [1.807, 2.05) is 6.07 Å². The summed E-state index contributed by atoms with van der Waals surface area (Å²) in [6.07, 6.45) is 6.60. The Morgan fingerprint density at radius 1 is 1.03 bits per heavy atom. The summed E-state index contributed by atoms with van der Waals surface area (Å²) in [6, 6.07) is 8.60. The van der Waals surface area contributed by atoms with E-state index in [2.05, 4.69) is 19.9 Å². The van der Waals surface area contributed by atoms with Crippen molar-refractivity contribution in [2.45, 2.75) is 19.3 Å². The predicted octanol–water partition coefficient (Wildman–Crippen LogP) is 4.92. The van der Waals surface area contributed by atoms with Crippen molar-refractivity contribution in [1.82, 2.24) is 19.9 Å². The molecule has 2 aromatic heterocycles. The summed E-state index contributed by atoms with van der Waals surface area (Å²) >= 11 is 0. The van der Waals surface area contributed by atoms with Crippen LogP contribution in [0.4, 0.5) is 4.39 Å². The lowest BCUT2D eigenvalue weighted by Gasteiger charge is -2.16. The zero-order chi connectivity index (χ0) is 21.9. The normalized spacial score (nSPS) is 14.3. The number of aromatic amines is 1. The van der Waals surface area contributed by atoms with E-state index in [1.165, 1.54) is 32.3 Å². The minimum Gasteiger partial charge on any atom is -0.493 e. The van der Waals surface area contributed by atoms with Gasteiger partial charge in [0.15, 0.2) is 23.1 Å². The fourth-order valence-electron chi connectivity index (χ4n) is 4.13. The molecule has 0 unspecified atom stereocenters. The average Bonchev–Trinajstić information content (AvgIpc) is 3.50. The fourth-order valence-corrected chi connectivity index (χ4v) is 4.13. The molecule has 7 nitrogen and oxygen atoms in total. The van der Waals surface area contributed by atoms with Crippen LogP contribution in [0, 0.1) is 5.82 Å². The van der Waals surface area contributed by atoms with Crippen LogP contribution in [0.2, 0.25) is 0 Å². The van der Waals surface area contributed by atoms with Crippen LogP contribution in [-0.4, -0.2) is 53.2 Å². The molecular formula is C24H25FN4O3. The second-order valence-corrected chi connectivity index (χ2v) is 7.87. The van der Waals surface area contributed by atoms with Crippen LogP contribution in [0.15, 0.2) is 42.9 Å². The molecule has 1 saturated heterocycles. The van der Waals surface area contributed by atoms with E-state index >= 15 is 0 Å². The molecule has 4 aromatic rings. The van der Waals surface area contributed by atoms with Crippen molar-refractivity contribution in [3.8, 4) is 23.1 Å². The van der Waals surface area contributed by atoms with Gasteiger partial charge in [0.25, 0.3) is 0 Å². The number of nitrogens with zero attached hydrogens (tertiary/aromatic N) is 3. The lowest BCUT2D eigenvalue weighted by molar-refractivity contribution is 0.254. The van der Waals surface area contributed by atoms with Crippen LogP contribution in [0.1, 0.15) is 19.3 Å². The zero-order valence-corrected chi connectivity index (χ0v) is 17.9. The van der Waals surface area contributed by atoms with E-state index in [9.17, 15) is 4.39 Å². The summed E-state index contributed by atoms with van der Waals surface area (Å²) < 4.78 is 32.2. The van der Waals surface area contributed by atoms with Crippen molar-refractivity contribution < 1.29 is 18.6 Å². The van der Waals surface area contributed by atoms with Gasteiger partial charge in [-0.3, -0.25) is 0 Å². The Morgan fingerprint density at radius 3 is 2.75 bits per heavy atom. The van der Waals surface area contributed by atoms with Crippen LogP contribution in [-0.2, 0) is 0 Å². The van der Waals surface area contributed by atoms with Crippen molar-refractivity contribution >= 4 is 21.8 Å².